The highest BCUT2D eigenvalue weighted by atomic mass is 32.1. The van der Waals surface area contributed by atoms with Gasteiger partial charge in [0.15, 0.2) is 5.11 Å². The first-order valence-electron chi connectivity index (χ1n) is 7.95. The van der Waals surface area contributed by atoms with Gasteiger partial charge in [-0.2, -0.15) is 0 Å². The summed E-state index contributed by atoms with van der Waals surface area (Å²) in [7, 11) is 0. The second-order valence-electron chi connectivity index (χ2n) is 5.99. The highest BCUT2D eigenvalue weighted by Crippen LogP contribution is 2.22. The van der Waals surface area contributed by atoms with Gasteiger partial charge in [0.2, 0.25) is 0 Å². The Kier molecular flexibility index (Phi) is 4.76. The molecule has 2 heterocycles. The van der Waals surface area contributed by atoms with E-state index in [1.54, 1.807) is 0 Å². The van der Waals surface area contributed by atoms with Crippen molar-refractivity contribution in [1.29, 1.82) is 0 Å². The molecule has 4 nitrogen and oxygen atoms in total. The molecule has 1 aliphatic rings. The number of hydrogen-bond acceptors (Lipinski definition) is 3. The second kappa shape index (κ2) is 6.96. The van der Waals surface area contributed by atoms with Gasteiger partial charge in [-0.25, -0.2) is 4.98 Å². The van der Waals surface area contributed by atoms with E-state index in [0.717, 1.165) is 29.7 Å². The molecule has 0 unspecified atom stereocenters. The van der Waals surface area contributed by atoms with Crippen molar-refractivity contribution in [3.8, 4) is 0 Å². The second-order valence-corrected chi connectivity index (χ2v) is 6.37. The Balaban J connectivity index is 1.68. The average Bonchev–Trinajstić information content (AvgIpc) is 2.58. The van der Waals surface area contributed by atoms with Crippen LogP contribution in [0.3, 0.4) is 0 Å². The van der Waals surface area contributed by atoms with Crippen LogP contribution in [0.5, 0.6) is 0 Å². The summed E-state index contributed by atoms with van der Waals surface area (Å²) in [6.07, 6.45) is 1.85. The third-order valence-corrected chi connectivity index (χ3v) is 4.55. The lowest BCUT2D eigenvalue weighted by molar-refractivity contribution is 0.266. The molecule has 2 atom stereocenters. The first-order valence-corrected chi connectivity index (χ1v) is 8.36. The number of rotatable bonds is 2. The Bertz CT molecular complexity index is 647. The standard InChI is InChI=1S/C18H22N4S/c1-14-13-22(18(23)20-16-8-4-3-5-9-16)15(2)12-21(14)17-10-6-7-11-19-17/h3-11,14-15H,12-13H2,1-2H3,(H,20,23)/t14-,15-/m1/s1. The molecule has 3 rings (SSSR count). The van der Waals surface area contributed by atoms with Gasteiger partial charge in [0.05, 0.1) is 0 Å². The van der Waals surface area contributed by atoms with E-state index in [-0.39, 0.29) is 0 Å². The molecular weight excluding hydrogens is 304 g/mol. The SMILES string of the molecule is C[C@@H]1CN(c2ccccn2)[C@H](C)CN1C(=S)Nc1ccccc1. The van der Waals surface area contributed by atoms with Crippen molar-refractivity contribution >= 4 is 28.8 Å². The third-order valence-electron chi connectivity index (χ3n) is 4.22. The van der Waals surface area contributed by atoms with E-state index in [1.165, 1.54) is 0 Å². The predicted octanol–water partition coefficient (Wildman–Crippen LogP) is 3.38. The maximum absolute atomic E-state index is 5.62. The molecule has 0 spiro atoms. The van der Waals surface area contributed by atoms with E-state index in [2.05, 4.69) is 40.0 Å². The smallest absolute Gasteiger partial charge is 0.173 e. The number of nitrogens with one attached hydrogen (secondary N) is 1. The average molecular weight is 326 g/mol. The molecule has 120 valence electrons. The van der Waals surface area contributed by atoms with Gasteiger partial charge >= 0.3 is 0 Å². The number of nitrogens with zero attached hydrogens (tertiary/aromatic N) is 3. The zero-order chi connectivity index (χ0) is 16.2. The van der Waals surface area contributed by atoms with E-state index in [9.17, 15) is 0 Å². The van der Waals surface area contributed by atoms with Crippen molar-refractivity contribution in [1.82, 2.24) is 9.88 Å². The molecule has 5 heteroatoms. The monoisotopic (exact) mass is 326 g/mol. The van der Waals surface area contributed by atoms with Crippen LogP contribution >= 0.6 is 12.2 Å². The molecule has 1 aromatic heterocycles. The van der Waals surface area contributed by atoms with Crippen LogP contribution in [0.1, 0.15) is 13.8 Å². The number of piperazine rings is 1. The summed E-state index contributed by atoms with van der Waals surface area (Å²) in [6.45, 7) is 6.23. The summed E-state index contributed by atoms with van der Waals surface area (Å²) >= 11 is 5.62. The molecule has 1 saturated heterocycles. The van der Waals surface area contributed by atoms with Gasteiger partial charge in [-0.1, -0.05) is 24.3 Å². The molecule has 1 aromatic carbocycles. The minimum atomic E-state index is 0.330. The van der Waals surface area contributed by atoms with Crippen molar-refractivity contribution < 1.29 is 0 Å². The molecule has 0 bridgehead atoms. The molecule has 0 amide bonds. The maximum Gasteiger partial charge on any atom is 0.173 e. The van der Waals surface area contributed by atoms with Gasteiger partial charge in [-0.3, -0.25) is 0 Å². The van der Waals surface area contributed by atoms with E-state index in [4.69, 9.17) is 12.2 Å². The van der Waals surface area contributed by atoms with Crippen LogP contribution < -0.4 is 10.2 Å². The number of hydrogen-bond donors (Lipinski definition) is 1. The Morgan fingerprint density at radius 2 is 1.78 bits per heavy atom. The summed E-state index contributed by atoms with van der Waals surface area (Å²) in [5.74, 6) is 1.04. The summed E-state index contributed by atoms with van der Waals surface area (Å²) in [5, 5.41) is 4.13. The predicted molar refractivity (Wildman–Crippen MR) is 99.9 cm³/mol. The van der Waals surface area contributed by atoms with Gasteiger partial charge in [0.1, 0.15) is 5.82 Å². The molecule has 0 aliphatic carbocycles. The lowest BCUT2D eigenvalue weighted by atomic mass is 10.1. The minimum absolute atomic E-state index is 0.330. The molecule has 0 saturated carbocycles. The fraction of sp³-hybridized carbons (Fsp3) is 0.333. The lowest BCUT2D eigenvalue weighted by Crippen LogP contribution is -2.59. The van der Waals surface area contributed by atoms with E-state index >= 15 is 0 Å². The van der Waals surface area contributed by atoms with Crippen molar-refractivity contribution in [2.45, 2.75) is 25.9 Å². The highest BCUT2D eigenvalue weighted by Gasteiger charge is 2.31. The van der Waals surface area contributed by atoms with Crippen LogP contribution in [0.25, 0.3) is 0 Å². The summed E-state index contributed by atoms with van der Waals surface area (Å²) in [5.41, 5.74) is 1.03. The zero-order valence-electron chi connectivity index (χ0n) is 13.5. The van der Waals surface area contributed by atoms with Crippen molar-refractivity contribution in [3.05, 3.63) is 54.7 Å². The van der Waals surface area contributed by atoms with Crippen LogP contribution in [0, 0.1) is 0 Å². The first kappa shape index (κ1) is 15.7. The van der Waals surface area contributed by atoms with Crippen molar-refractivity contribution in [2.75, 3.05) is 23.3 Å². The summed E-state index contributed by atoms with van der Waals surface area (Å²) < 4.78 is 0. The van der Waals surface area contributed by atoms with E-state index in [0.29, 0.717) is 12.1 Å². The molecule has 1 fully saturated rings. The van der Waals surface area contributed by atoms with Crippen LogP contribution in [-0.2, 0) is 0 Å². The number of para-hydroxylation sites is 1. The first-order chi connectivity index (χ1) is 11.1. The Hall–Kier alpha value is -2.14. The lowest BCUT2D eigenvalue weighted by Gasteiger charge is -2.45. The van der Waals surface area contributed by atoms with Crippen LogP contribution in [0.15, 0.2) is 54.7 Å². The van der Waals surface area contributed by atoms with E-state index < -0.39 is 0 Å². The van der Waals surface area contributed by atoms with Crippen LogP contribution in [0.4, 0.5) is 11.5 Å². The Labute approximate surface area is 143 Å². The summed E-state index contributed by atoms with van der Waals surface area (Å²) in [4.78, 5) is 9.11. The number of pyridine rings is 1. The quantitative estimate of drug-likeness (QED) is 0.855. The number of thiocarbonyl (C=S) groups is 1. The molecule has 1 N–H and O–H groups in total. The number of benzene rings is 1. The van der Waals surface area contributed by atoms with Gasteiger partial charge in [0.25, 0.3) is 0 Å². The fourth-order valence-corrected chi connectivity index (χ4v) is 3.34. The van der Waals surface area contributed by atoms with Gasteiger partial charge in [0, 0.05) is 37.1 Å². The minimum Gasteiger partial charge on any atom is -0.350 e. The fourth-order valence-electron chi connectivity index (χ4n) is 2.97. The Morgan fingerprint density at radius 1 is 1.04 bits per heavy atom. The van der Waals surface area contributed by atoms with Crippen molar-refractivity contribution in [2.24, 2.45) is 0 Å². The van der Waals surface area contributed by atoms with Gasteiger partial charge < -0.3 is 15.1 Å². The zero-order valence-corrected chi connectivity index (χ0v) is 14.3. The van der Waals surface area contributed by atoms with Crippen LogP contribution in [-0.4, -0.2) is 40.2 Å². The van der Waals surface area contributed by atoms with Crippen molar-refractivity contribution in [3.63, 3.8) is 0 Å². The molecule has 1 aliphatic heterocycles. The van der Waals surface area contributed by atoms with Crippen LogP contribution in [0.2, 0.25) is 0 Å². The van der Waals surface area contributed by atoms with Gasteiger partial charge in [-0.15, -0.1) is 0 Å². The highest BCUT2D eigenvalue weighted by molar-refractivity contribution is 7.80. The third kappa shape index (κ3) is 3.62. The molecule has 23 heavy (non-hydrogen) atoms. The van der Waals surface area contributed by atoms with Gasteiger partial charge in [-0.05, 0) is 50.3 Å². The summed E-state index contributed by atoms with van der Waals surface area (Å²) in [6, 6.07) is 16.8. The topological polar surface area (TPSA) is 31.4 Å². The normalized spacial score (nSPS) is 21.1. The molecule has 2 aromatic rings. The maximum atomic E-state index is 5.62. The Morgan fingerprint density at radius 3 is 2.48 bits per heavy atom. The van der Waals surface area contributed by atoms with E-state index in [1.807, 2.05) is 48.7 Å². The molecule has 0 radical (unpaired) electrons. The largest absolute Gasteiger partial charge is 0.350 e. The molecular formula is C18H22N4S. The number of aromatic nitrogens is 1. The number of anilines is 2.